The zero-order valence-corrected chi connectivity index (χ0v) is 17.8. The highest BCUT2D eigenvalue weighted by atomic mass is 14.5. The molecule has 0 heterocycles. The van der Waals surface area contributed by atoms with Gasteiger partial charge in [-0.15, -0.1) is 0 Å². The molecule has 0 radical (unpaired) electrons. The van der Waals surface area contributed by atoms with Crippen LogP contribution in [0.4, 0.5) is 0 Å². The summed E-state index contributed by atoms with van der Waals surface area (Å²) >= 11 is 0. The van der Waals surface area contributed by atoms with E-state index in [1.54, 1.807) is 0 Å². The Labute approximate surface area is 142 Å². The standard InChI is InChI=1S/C22H46/c1-13(2)19(14(3)4)22(20(15(5)6)16(7)8)21(17(9)10)18(11)12/h13-22H,1-12H3. The van der Waals surface area contributed by atoms with Crippen molar-refractivity contribution in [2.45, 2.75) is 83.1 Å². The van der Waals surface area contributed by atoms with Crippen molar-refractivity contribution in [3.8, 4) is 0 Å². The van der Waals surface area contributed by atoms with Crippen molar-refractivity contribution < 1.29 is 0 Å². The Kier molecular flexibility index (Phi) is 9.33. The van der Waals surface area contributed by atoms with Gasteiger partial charge in [-0.2, -0.15) is 0 Å². The van der Waals surface area contributed by atoms with Crippen LogP contribution in [0.25, 0.3) is 0 Å². The molecule has 22 heavy (non-hydrogen) atoms. The summed E-state index contributed by atoms with van der Waals surface area (Å²) in [6, 6.07) is 0. The van der Waals surface area contributed by atoms with Crippen molar-refractivity contribution in [2.75, 3.05) is 0 Å². The maximum Gasteiger partial charge on any atom is -0.0314 e. The van der Waals surface area contributed by atoms with Gasteiger partial charge in [-0.1, -0.05) is 83.1 Å². The first-order valence-corrected chi connectivity index (χ1v) is 9.93. The van der Waals surface area contributed by atoms with Gasteiger partial charge in [0.2, 0.25) is 0 Å². The average Bonchev–Trinajstić information content (AvgIpc) is 2.24. The maximum absolute atomic E-state index is 2.45. The topological polar surface area (TPSA) is 0 Å². The van der Waals surface area contributed by atoms with Crippen molar-refractivity contribution >= 4 is 0 Å². The van der Waals surface area contributed by atoms with Gasteiger partial charge < -0.3 is 0 Å². The normalized spacial score (nSPS) is 13.9. The molecule has 0 nitrogen and oxygen atoms in total. The van der Waals surface area contributed by atoms with Crippen LogP contribution >= 0.6 is 0 Å². The second kappa shape index (κ2) is 9.33. The molecule has 0 saturated carbocycles. The molecule has 0 fully saturated rings. The zero-order chi connectivity index (χ0) is 17.8. The highest BCUT2D eigenvalue weighted by molar-refractivity contribution is 4.90. The lowest BCUT2D eigenvalue weighted by Crippen LogP contribution is -2.43. The minimum atomic E-state index is 0.769. The molecule has 0 aromatic heterocycles. The highest BCUT2D eigenvalue weighted by Crippen LogP contribution is 2.48. The Hall–Kier alpha value is 0. The number of hydrogen-bond donors (Lipinski definition) is 0. The van der Waals surface area contributed by atoms with Gasteiger partial charge in [0.1, 0.15) is 0 Å². The van der Waals surface area contributed by atoms with E-state index in [-0.39, 0.29) is 0 Å². The molecule has 0 heteroatoms. The Bertz CT molecular complexity index is 211. The molecule has 0 amide bonds. The van der Waals surface area contributed by atoms with Crippen LogP contribution in [0.3, 0.4) is 0 Å². The first-order valence-electron chi connectivity index (χ1n) is 9.93. The van der Waals surface area contributed by atoms with Gasteiger partial charge in [-0.3, -0.25) is 0 Å². The van der Waals surface area contributed by atoms with Crippen LogP contribution in [-0.4, -0.2) is 0 Å². The molecule has 0 aromatic carbocycles. The van der Waals surface area contributed by atoms with Crippen LogP contribution in [0.15, 0.2) is 0 Å². The lowest BCUT2D eigenvalue weighted by Gasteiger charge is -2.49. The van der Waals surface area contributed by atoms with Crippen molar-refractivity contribution in [1.82, 2.24) is 0 Å². The third-order valence-electron chi connectivity index (χ3n) is 5.95. The Morgan fingerprint density at radius 1 is 0.227 bits per heavy atom. The van der Waals surface area contributed by atoms with Gasteiger partial charge in [0.05, 0.1) is 0 Å². The van der Waals surface area contributed by atoms with Gasteiger partial charge in [0.15, 0.2) is 0 Å². The van der Waals surface area contributed by atoms with Crippen LogP contribution < -0.4 is 0 Å². The summed E-state index contributed by atoms with van der Waals surface area (Å²) in [7, 11) is 0. The summed E-state index contributed by atoms with van der Waals surface area (Å²) in [4.78, 5) is 0. The molecular formula is C22H46. The van der Waals surface area contributed by atoms with E-state index in [1.807, 2.05) is 0 Å². The van der Waals surface area contributed by atoms with Gasteiger partial charge in [0, 0.05) is 0 Å². The highest BCUT2D eigenvalue weighted by Gasteiger charge is 2.42. The second-order valence-corrected chi connectivity index (χ2v) is 9.77. The van der Waals surface area contributed by atoms with Gasteiger partial charge in [-0.05, 0) is 59.2 Å². The van der Waals surface area contributed by atoms with E-state index in [2.05, 4.69) is 83.1 Å². The summed E-state index contributed by atoms with van der Waals surface area (Å²) in [6.45, 7) is 29.4. The van der Waals surface area contributed by atoms with E-state index in [0.29, 0.717) is 0 Å². The zero-order valence-electron chi connectivity index (χ0n) is 17.8. The maximum atomic E-state index is 2.45. The fourth-order valence-electron chi connectivity index (χ4n) is 5.75. The molecule has 0 spiro atoms. The molecule has 0 N–H and O–H groups in total. The number of hydrogen-bond acceptors (Lipinski definition) is 0. The fraction of sp³-hybridized carbons (Fsp3) is 1.00. The lowest BCUT2D eigenvalue weighted by atomic mass is 9.56. The monoisotopic (exact) mass is 310 g/mol. The van der Waals surface area contributed by atoms with E-state index in [9.17, 15) is 0 Å². The Morgan fingerprint density at radius 3 is 0.455 bits per heavy atom. The summed E-state index contributed by atoms with van der Waals surface area (Å²) < 4.78 is 0. The van der Waals surface area contributed by atoms with E-state index in [1.165, 1.54) is 0 Å². The van der Waals surface area contributed by atoms with Crippen LogP contribution in [-0.2, 0) is 0 Å². The Balaban J connectivity index is 6.03. The number of rotatable bonds is 9. The first-order chi connectivity index (χ1) is 9.93. The van der Waals surface area contributed by atoms with E-state index in [0.717, 1.165) is 59.2 Å². The van der Waals surface area contributed by atoms with Crippen LogP contribution in [0.2, 0.25) is 0 Å². The van der Waals surface area contributed by atoms with Gasteiger partial charge >= 0.3 is 0 Å². The smallest absolute Gasteiger partial charge is 0.0314 e. The summed E-state index contributed by atoms with van der Waals surface area (Å²) in [5.74, 6) is 7.92. The molecule has 0 rings (SSSR count). The molecule has 0 unspecified atom stereocenters. The fourth-order valence-corrected chi connectivity index (χ4v) is 5.75. The molecule has 0 bridgehead atoms. The minimum Gasteiger partial charge on any atom is -0.0625 e. The largest absolute Gasteiger partial charge is 0.0625 e. The third-order valence-corrected chi connectivity index (χ3v) is 5.95. The second-order valence-electron chi connectivity index (χ2n) is 9.77. The van der Waals surface area contributed by atoms with Crippen LogP contribution in [0.5, 0.6) is 0 Å². The average molecular weight is 311 g/mol. The summed E-state index contributed by atoms with van der Waals surface area (Å²) in [5, 5.41) is 0. The summed E-state index contributed by atoms with van der Waals surface area (Å²) in [5.41, 5.74) is 0. The molecule has 0 aliphatic heterocycles. The molecule has 0 aliphatic rings. The van der Waals surface area contributed by atoms with Crippen LogP contribution in [0, 0.1) is 59.2 Å². The molecule has 0 saturated heterocycles. The van der Waals surface area contributed by atoms with E-state index >= 15 is 0 Å². The summed E-state index contributed by atoms with van der Waals surface area (Å²) in [6.07, 6.45) is 0. The van der Waals surface area contributed by atoms with Crippen molar-refractivity contribution in [1.29, 1.82) is 0 Å². The van der Waals surface area contributed by atoms with Gasteiger partial charge in [-0.25, -0.2) is 0 Å². The third kappa shape index (κ3) is 5.57. The van der Waals surface area contributed by atoms with Crippen LogP contribution in [0.1, 0.15) is 83.1 Å². The lowest BCUT2D eigenvalue weighted by molar-refractivity contribution is -0.00810. The van der Waals surface area contributed by atoms with E-state index < -0.39 is 0 Å². The molecular weight excluding hydrogens is 264 g/mol. The SMILES string of the molecule is CC(C)C(C(C)C)C(C(C(C)C)C(C)C)C(C(C)C)C(C)C. The minimum absolute atomic E-state index is 0.769. The predicted octanol–water partition coefficient (Wildman–Crippen LogP) is 7.39. The molecule has 0 aromatic rings. The first kappa shape index (κ1) is 22.0. The molecule has 0 aliphatic carbocycles. The van der Waals surface area contributed by atoms with Crippen molar-refractivity contribution in [2.24, 2.45) is 59.2 Å². The predicted molar refractivity (Wildman–Crippen MR) is 103 cm³/mol. The van der Waals surface area contributed by atoms with Gasteiger partial charge in [0.25, 0.3) is 0 Å². The Morgan fingerprint density at radius 2 is 0.364 bits per heavy atom. The molecule has 134 valence electrons. The van der Waals surface area contributed by atoms with Crippen molar-refractivity contribution in [3.05, 3.63) is 0 Å². The quantitative estimate of drug-likeness (QED) is 0.416. The van der Waals surface area contributed by atoms with Crippen molar-refractivity contribution in [3.63, 3.8) is 0 Å². The molecule has 0 atom stereocenters. The van der Waals surface area contributed by atoms with E-state index in [4.69, 9.17) is 0 Å².